The highest BCUT2D eigenvalue weighted by atomic mass is 32.1. The van der Waals surface area contributed by atoms with Crippen LogP contribution in [0.5, 0.6) is 0 Å². The molecule has 1 aliphatic rings. The highest BCUT2D eigenvalue weighted by Crippen LogP contribution is 2.27. The molecule has 28 heavy (non-hydrogen) atoms. The third-order valence-corrected chi connectivity index (χ3v) is 5.68. The van der Waals surface area contributed by atoms with Crippen LogP contribution in [0, 0.1) is 11.3 Å². The van der Waals surface area contributed by atoms with Gasteiger partial charge in [-0.25, -0.2) is 4.98 Å². The van der Waals surface area contributed by atoms with E-state index in [1.54, 1.807) is 24.3 Å². The molecule has 1 saturated heterocycles. The van der Waals surface area contributed by atoms with Crippen molar-refractivity contribution >= 4 is 38.4 Å². The average molecular weight is 394 g/mol. The molecule has 1 aromatic carbocycles. The molecule has 0 saturated carbocycles. The number of hydrogen-bond acceptors (Lipinski definition) is 7. The van der Waals surface area contributed by atoms with Crippen LogP contribution in [-0.4, -0.2) is 33.5 Å². The number of hydrogen-bond donors (Lipinski definition) is 1. The van der Waals surface area contributed by atoms with Gasteiger partial charge < -0.3 is 10.2 Å². The minimum Gasteiger partial charge on any atom is -0.348 e. The Bertz CT molecular complexity index is 1120. The van der Waals surface area contributed by atoms with E-state index >= 15 is 0 Å². The second kappa shape index (κ2) is 7.78. The largest absolute Gasteiger partial charge is 0.348 e. The number of aromatic nitrogens is 3. The molecule has 8 nitrogen and oxygen atoms in total. The molecule has 1 N–H and O–H groups in total. The quantitative estimate of drug-likeness (QED) is 0.728. The van der Waals surface area contributed by atoms with Crippen molar-refractivity contribution in [1.29, 1.82) is 5.26 Å². The number of rotatable bonds is 4. The summed E-state index contributed by atoms with van der Waals surface area (Å²) < 4.78 is 1.74. The van der Waals surface area contributed by atoms with Gasteiger partial charge >= 0.3 is 0 Å². The number of piperidine rings is 1. The summed E-state index contributed by atoms with van der Waals surface area (Å²) in [6.45, 7) is 1.73. The highest BCUT2D eigenvalue weighted by Gasteiger charge is 2.18. The van der Waals surface area contributed by atoms with Crippen LogP contribution in [0.3, 0.4) is 0 Å². The van der Waals surface area contributed by atoms with Gasteiger partial charge in [0, 0.05) is 18.8 Å². The molecule has 3 heterocycles. The van der Waals surface area contributed by atoms with E-state index in [4.69, 9.17) is 5.26 Å². The normalized spacial score (nSPS) is 14.0. The fourth-order valence-corrected chi connectivity index (χ4v) is 4.21. The van der Waals surface area contributed by atoms with Crippen LogP contribution < -0.4 is 15.8 Å². The molecule has 2 aromatic heterocycles. The van der Waals surface area contributed by atoms with E-state index in [2.05, 4.69) is 20.2 Å². The minimum atomic E-state index is -0.362. The Kier molecular flexibility index (Phi) is 5.04. The first kappa shape index (κ1) is 18.1. The third kappa shape index (κ3) is 3.73. The number of nitriles is 1. The number of carbonyl (C=O) groups is 1. The Morgan fingerprint density at radius 2 is 2.11 bits per heavy atom. The number of fused-ring (bicyclic) bond motifs is 1. The maximum Gasteiger partial charge on any atom is 0.273 e. The van der Waals surface area contributed by atoms with Gasteiger partial charge in [-0.2, -0.15) is 10.2 Å². The van der Waals surface area contributed by atoms with Gasteiger partial charge in [0.25, 0.3) is 5.56 Å². The second-order valence-electron chi connectivity index (χ2n) is 6.62. The summed E-state index contributed by atoms with van der Waals surface area (Å²) in [5, 5.41) is 12.5. The SMILES string of the molecule is N#Cc1cccc(NC(=O)Cn2cnc3nc(N4CCCCC4)sc3c2=O)c1. The number of anilines is 2. The Labute approximate surface area is 165 Å². The van der Waals surface area contributed by atoms with Gasteiger partial charge in [-0.1, -0.05) is 17.4 Å². The zero-order valence-corrected chi connectivity index (χ0v) is 15.9. The number of carbonyl (C=O) groups excluding carboxylic acids is 1. The van der Waals surface area contributed by atoms with Gasteiger partial charge in [-0.05, 0) is 37.5 Å². The van der Waals surface area contributed by atoms with Crippen LogP contribution >= 0.6 is 11.3 Å². The first-order valence-corrected chi connectivity index (χ1v) is 9.86. The predicted octanol–water partition coefficient (Wildman–Crippen LogP) is 2.35. The first-order chi connectivity index (χ1) is 13.6. The molecule has 0 radical (unpaired) electrons. The molecule has 0 bridgehead atoms. The predicted molar refractivity (Wildman–Crippen MR) is 108 cm³/mol. The van der Waals surface area contributed by atoms with Crippen LogP contribution in [0.4, 0.5) is 10.8 Å². The van der Waals surface area contributed by atoms with E-state index in [9.17, 15) is 9.59 Å². The maximum atomic E-state index is 12.8. The molecule has 3 aromatic rings. The number of nitrogens with one attached hydrogen (secondary N) is 1. The molecule has 1 amide bonds. The van der Waals surface area contributed by atoms with E-state index in [1.807, 2.05) is 6.07 Å². The molecule has 1 fully saturated rings. The molecule has 1 aliphatic heterocycles. The lowest BCUT2D eigenvalue weighted by atomic mass is 10.1. The summed E-state index contributed by atoms with van der Waals surface area (Å²) in [5.74, 6) is -0.362. The number of amides is 1. The third-order valence-electron chi connectivity index (χ3n) is 4.59. The lowest BCUT2D eigenvalue weighted by Gasteiger charge is -2.25. The molecular weight excluding hydrogens is 376 g/mol. The van der Waals surface area contributed by atoms with Crippen molar-refractivity contribution in [2.45, 2.75) is 25.8 Å². The molecule has 4 rings (SSSR count). The lowest BCUT2D eigenvalue weighted by molar-refractivity contribution is -0.116. The van der Waals surface area contributed by atoms with Crippen molar-refractivity contribution in [1.82, 2.24) is 14.5 Å². The van der Waals surface area contributed by atoms with E-state index in [-0.39, 0.29) is 18.0 Å². The van der Waals surface area contributed by atoms with Gasteiger partial charge in [0.1, 0.15) is 17.6 Å². The smallest absolute Gasteiger partial charge is 0.273 e. The number of thiazole rings is 1. The van der Waals surface area contributed by atoms with Crippen LogP contribution in [0.1, 0.15) is 24.8 Å². The summed E-state index contributed by atoms with van der Waals surface area (Å²) in [5.41, 5.74) is 1.12. The summed E-state index contributed by atoms with van der Waals surface area (Å²) in [4.78, 5) is 36.0. The molecule has 9 heteroatoms. The fourth-order valence-electron chi connectivity index (χ4n) is 3.19. The van der Waals surface area contributed by atoms with Gasteiger partial charge in [-0.15, -0.1) is 0 Å². The molecular formula is C19H18N6O2S. The van der Waals surface area contributed by atoms with Gasteiger partial charge in [0.15, 0.2) is 10.8 Å². The summed E-state index contributed by atoms with van der Waals surface area (Å²) in [6, 6.07) is 8.64. The van der Waals surface area contributed by atoms with Gasteiger partial charge in [-0.3, -0.25) is 14.2 Å². The van der Waals surface area contributed by atoms with E-state index in [1.165, 1.54) is 28.7 Å². The Morgan fingerprint density at radius 3 is 2.89 bits per heavy atom. The maximum absolute atomic E-state index is 12.8. The minimum absolute atomic E-state index is 0.157. The molecule has 0 aliphatic carbocycles. The molecule has 0 spiro atoms. The monoisotopic (exact) mass is 394 g/mol. The summed E-state index contributed by atoms with van der Waals surface area (Å²) in [7, 11) is 0. The molecule has 0 unspecified atom stereocenters. The van der Waals surface area contributed by atoms with Crippen molar-refractivity contribution in [2.75, 3.05) is 23.3 Å². The fraction of sp³-hybridized carbons (Fsp3) is 0.316. The van der Waals surface area contributed by atoms with Crippen molar-refractivity contribution in [3.05, 3.63) is 46.5 Å². The van der Waals surface area contributed by atoms with E-state index < -0.39 is 0 Å². The standard InChI is InChI=1S/C19H18N6O2S/c20-10-13-5-4-6-14(9-13)22-15(26)11-25-12-21-17-16(18(25)27)28-19(23-17)24-7-2-1-3-8-24/h4-6,9,12H,1-3,7-8,11H2,(H,22,26). The Balaban J connectivity index is 1.53. The zero-order chi connectivity index (χ0) is 19.5. The van der Waals surface area contributed by atoms with Crippen LogP contribution in [-0.2, 0) is 11.3 Å². The zero-order valence-electron chi connectivity index (χ0n) is 15.1. The Hall–Kier alpha value is -3.25. The van der Waals surface area contributed by atoms with Gasteiger partial charge in [0.05, 0.1) is 11.6 Å². The Morgan fingerprint density at radius 1 is 1.29 bits per heavy atom. The van der Waals surface area contributed by atoms with E-state index in [0.717, 1.165) is 31.1 Å². The topological polar surface area (TPSA) is 104 Å². The average Bonchev–Trinajstić information content (AvgIpc) is 3.16. The van der Waals surface area contributed by atoms with Crippen molar-refractivity contribution in [2.24, 2.45) is 0 Å². The number of benzene rings is 1. The van der Waals surface area contributed by atoms with Crippen LogP contribution in [0.2, 0.25) is 0 Å². The van der Waals surface area contributed by atoms with Crippen LogP contribution in [0.25, 0.3) is 10.3 Å². The molecule has 0 atom stereocenters. The van der Waals surface area contributed by atoms with Crippen molar-refractivity contribution < 1.29 is 4.79 Å². The van der Waals surface area contributed by atoms with Crippen molar-refractivity contribution in [3.8, 4) is 6.07 Å². The van der Waals surface area contributed by atoms with Crippen LogP contribution in [0.15, 0.2) is 35.4 Å². The van der Waals surface area contributed by atoms with E-state index in [0.29, 0.717) is 21.6 Å². The second-order valence-corrected chi connectivity index (χ2v) is 7.59. The number of nitrogens with zero attached hydrogens (tertiary/aromatic N) is 5. The lowest BCUT2D eigenvalue weighted by Crippen LogP contribution is -2.29. The van der Waals surface area contributed by atoms with Gasteiger partial charge in [0.2, 0.25) is 5.91 Å². The first-order valence-electron chi connectivity index (χ1n) is 9.05. The summed E-state index contributed by atoms with van der Waals surface area (Å²) >= 11 is 1.33. The highest BCUT2D eigenvalue weighted by molar-refractivity contribution is 7.22. The summed E-state index contributed by atoms with van der Waals surface area (Å²) in [6.07, 6.45) is 4.83. The molecule has 142 valence electrons. The van der Waals surface area contributed by atoms with Crippen molar-refractivity contribution in [3.63, 3.8) is 0 Å².